The van der Waals surface area contributed by atoms with Crippen molar-refractivity contribution in [3.05, 3.63) is 34.9 Å². The van der Waals surface area contributed by atoms with Crippen molar-refractivity contribution in [3.8, 4) is 0 Å². The zero-order chi connectivity index (χ0) is 21.8. The number of benzene rings is 1. The monoisotopic (exact) mass is 413 g/mol. The van der Waals surface area contributed by atoms with Crippen molar-refractivity contribution in [1.82, 2.24) is 15.5 Å². The highest BCUT2D eigenvalue weighted by Crippen LogP contribution is 2.29. The molecule has 0 atom stereocenters. The fourth-order valence-electron chi connectivity index (χ4n) is 3.46. The SMILES string of the molecule is Cc1cc(C)cc(C(=O)NCC2CCN(CC(=O)NC(C)(C)C(F)(F)F)CC2)c1. The van der Waals surface area contributed by atoms with Crippen molar-refractivity contribution in [2.75, 3.05) is 26.2 Å². The number of alkyl halides is 3. The van der Waals surface area contributed by atoms with Crippen LogP contribution in [-0.2, 0) is 4.79 Å². The van der Waals surface area contributed by atoms with Gasteiger partial charge in [-0.2, -0.15) is 13.2 Å². The number of carbonyl (C=O) groups is 2. The first-order chi connectivity index (χ1) is 13.4. The Labute approximate surface area is 170 Å². The number of piperidine rings is 1. The molecule has 0 aliphatic carbocycles. The smallest absolute Gasteiger partial charge is 0.352 e. The highest BCUT2D eigenvalue weighted by Gasteiger charge is 2.48. The molecular weight excluding hydrogens is 383 g/mol. The van der Waals surface area contributed by atoms with Crippen molar-refractivity contribution >= 4 is 11.8 Å². The summed E-state index contributed by atoms with van der Waals surface area (Å²) in [5.74, 6) is -0.447. The van der Waals surface area contributed by atoms with Gasteiger partial charge in [-0.15, -0.1) is 0 Å². The molecule has 1 aromatic carbocycles. The van der Waals surface area contributed by atoms with Crippen LogP contribution in [0.2, 0.25) is 0 Å². The Morgan fingerprint density at radius 2 is 1.62 bits per heavy atom. The second-order valence-electron chi connectivity index (χ2n) is 8.48. The van der Waals surface area contributed by atoms with Crippen molar-refractivity contribution < 1.29 is 22.8 Å². The van der Waals surface area contributed by atoms with Crippen LogP contribution in [0, 0.1) is 19.8 Å². The predicted molar refractivity (Wildman–Crippen MR) is 106 cm³/mol. The minimum atomic E-state index is -4.50. The van der Waals surface area contributed by atoms with Crippen LogP contribution in [0.25, 0.3) is 0 Å². The third kappa shape index (κ3) is 6.73. The van der Waals surface area contributed by atoms with Crippen molar-refractivity contribution in [1.29, 1.82) is 0 Å². The third-order valence-corrected chi connectivity index (χ3v) is 5.27. The van der Waals surface area contributed by atoms with E-state index in [1.807, 2.05) is 36.9 Å². The first-order valence-corrected chi connectivity index (χ1v) is 9.84. The molecule has 1 saturated heterocycles. The van der Waals surface area contributed by atoms with Crippen LogP contribution in [0.3, 0.4) is 0 Å². The van der Waals surface area contributed by atoms with Gasteiger partial charge in [0, 0.05) is 12.1 Å². The molecule has 29 heavy (non-hydrogen) atoms. The number of nitrogens with one attached hydrogen (secondary N) is 2. The first kappa shape index (κ1) is 23.2. The van der Waals surface area contributed by atoms with Gasteiger partial charge in [0.15, 0.2) is 0 Å². The van der Waals surface area contributed by atoms with Crippen LogP contribution in [0.4, 0.5) is 13.2 Å². The van der Waals surface area contributed by atoms with E-state index in [0.29, 0.717) is 25.2 Å². The lowest BCUT2D eigenvalue weighted by Gasteiger charge is -2.33. The highest BCUT2D eigenvalue weighted by atomic mass is 19.4. The summed E-state index contributed by atoms with van der Waals surface area (Å²) < 4.78 is 38.6. The summed E-state index contributed by atoms with van der Waals surface area (Å²) in [5.41, 5.74) is 0.468. The van der Waals surface area contributed by atoms with E-state index in [9.17, 15) is 22.8 Å². The summed E-state index contributed by atoms with van der Waals surface area (Å²) in [4.78, 5) is 26.2. The zero-order valence-electron chi connectivity index (χ0n) is 17.4. The van der Waals surface area contributed by atoms with E-state index < -0.39 is 17.6 Å². The quantitative estimate of drug-likeness (QED) is 0.753. The van der Waals surface area contributed by atoms with Gasteiger partial charge in [-0.05, 0) is 71.7 Å². The highest BCUT2D eigenvalue weighted by molar-refractivity contribution is 5.94. The maximum Gasteiger partial charge on any atom is 0.410 e. The first-order valence-electron chi connectivity index (χ1n) is 9.84. The molecule has 2 N–H and O–H groups in total. The molecule has 0 unspecified atom stereocenters. The topological polar surface area (TPSA) is 61.4 Å². The Balaban J connectivity index is 1.75. The maximum atomic E-state index is 12.9. The molecule has 1 fully saturated rings. The molecule has 1 aliphatic heterocycles. The average Bonchev–Trinajstić information content (AvgIpc) is 2.58. The molecule has 0 saturated carbocycles. The minimum absolute atomic E-state index is 0.0544. The lowest BCUT2D eigenvalue weighted by molar-refractivity contribution is -0.188. The van der Waals surface area contributed by atoms with Crippen molar-refractivity contribution in [2.45, 2.75) is 52.3 Å². The number of nitrogens with zero attached hydrogens (tertiary/aromatic N) is 1. The fourth-order valence-corrected chi connectivity index (χ4v) is 3.46. The number of rotatable bonds is 6. The van der Waals surface area contributed by atoms with Gasteiger partial charge < -0.3 is 10.6 Å². The van der Waals surface area contributed by atoms with Crippen molar-refractivity contribution in [3.63, 3.8) is 0 Å². The van der Waals surface area contributed by atoms with Gasteiger partial charge >= 0.3 is 6.18 Å². The summed E-state index contributed by atoms with van der Waals surface area (Å²) in [7, 11) is 0. The number of amides is 2. The molecule has 1 aliphatic rings. The van der Waals surface area contributed by atoms with Gasteiger partial charge in [-0.1, -0.05) is 17.2 Å². The molecule has 2 amide bonds. The number of carbonyl (C=O) groups excluding carboxylic acids is 2. The molecule has 0 spiro atoms. The summed E-state index contributed by atoms with van der Waals surface area (Å²) in [6.07, 6.45) is -2.93. The molecule has 5 nitrogen and oxygen atoms in total. The number of hydrogen-bond donors (Lipinski definition) is 2. The summed E-state index contributed by atoms with van der Waals surface area (Å²) in [6, 6.07) is 5.72. The molecule has 1 aromatic rings. The Hall–Kier alpha value is -2.09. The standard InChI is InChI=1S/C21H30F3N3O2/c1-14-9-15(2)11-17(10-14)19(29)25-12-16-5-7-27(8-6-16)13-18(28)26-20(3,4)21(22,23)24/h9-11,16H,5-8,12-13H2,1-4H3,(H,25,29)(H,26,28). The van der Waals surface area contributed by atoms with E-state index in [1.165, 1.54) is 0 Å². The van der Waals surface area contributed by atoms with Gasteiger partial charge in [-0.25, -0.2) is 0 Å². The summed E-state index contributed by atoms with van der Waals surface area (Å²) in [5, 5.41) is 5.02. The lowest BCUT2D eigenvalue weighted by atomic mass is 9.96. The van der Waals surface area contributed by atoms with E-state index in [-0.39, 0.29) is 18.4 Å². The van der Waals surface area contributed by atoms with E-state index in [2.05, 4.69) is 10.6 Å². The van der Waals surface area contributed by atoms with Gasteiger partial charge in [0.1, 0.15) is 5.54 Å². The maximum absolute atomic E-state index is 12.9. The third-order valence-electron chi connectivity index (χ3n) is 5.27. The Kier molecular flexibility index (Phi) is 7.32. The molecule has 0 bridgehead atoms. The Morgan fingerprint density at radius 1 is 1.07 bits per heavy atom. The predicted octanol–water partition coefficient (Wildman–Crippen LogP) is 3.20. The van der Waals surface area contributed by atoms with Crippen LogP contribution in [-0.4, -0.2) is 54.6 Å². The van der Waals surface area contributed by atoms with E-state index in [0.717, 1.165) is 37.8 Å². The van der Waals surface area contributed by atoms with E-state index >= 15 is 0 Å². The van der Waals surface area contributed by atoms with Crippen LogP contribution in [0.5, 0.6) is 0 Å². The zero-order valence-corrected chi connectivity index (χ0v) is 17.4. The second-order valence-corrected chi connectivity index (χ2v) is 8.48. The van der Waals surface area contributed by atoms with Gasteiger partial charge in [-0.3, -0.25) is 14.5 Å². The van der Waals surface area contributed by atoms with Crippen molar-refractivity contribution in [2.24, 2.45) is 5.92 Å². The van der Waals surface area contributed by atoms with Gasteiger partial charge in [0.2, 0.25) is 5.91 Å². The normalized spacial score (nSPS) is 16.5. The Morgan fingerprint density at radius 3 is 2.14 bits per heavy atom. The minimum Gasteiger partial charge on any atom is -0.352 e. The Bertz CT molecular complexity index is 719. The van der Waals surface area contributed by atoms with Crippen LogP contribution >= 0.6 is 0 Å². The van der Waals surface area contributed by atoms with E-state index in [4.69, 9.17) is 0 Å². The molecule has 0 aromatic heterocycles. The van der Waals surface area contributed by atoms with Gasteiger partial charge in [0.25, 0.3) is 5.91 Å². The number of aryl methyl sites for hydroxylation is 2. The van der Waals surface area contributed by atoms with Crippen LogP contribution in [0.1, 0.15) is 48.2 Å². The molecular formula is C21H30F3N3O2. The van der Waals surface area contributed by atoms with Crippen LogP contribution < -0.4 is 10.6 Å². The number of likely N-dealkylation sites (tertiary alicyclic amines) is 1. The average molecular weight is 413 g/mol. The number of halogens is 3. The second kappa shape index (κ2) is 9.15. The molecule has 162 valence electrons. The van der Waals surface area contributed by atoms with E-state index in [1.54, 1.807) is 0 Å². The van der Waals surface area contributed by atoms with Gasteiger partial charge in [0.05, 0.1) is 6.54 Å². The summed E-state index contributed by atoms with van der Waals surface area (Å²) >= 11 is 0. The molecule has 0 radical (unpaired) electrons. The number of hydrogen-bond acceptors (Lipinski definition) is 3. The van der Waals surface area contributed by atoms with Crippen LogP contribution in [0.15, 0.2) is 18.2 Å². The molecule has 8 heteroatoms. The molecule has 1 heterocycles. The lowest BCUT2D eigenvalue weighted by Crippen LogP contribution is -2.56. The fraction of sp³-hybridized carbons (Fsp3) is 0.619. The summed E-state index contributed by atoms with van der Waals surface area (Å²) in [6.45, 7) is 7.53. The largest absolute Gasteiger partial charge is 0.410 e. The molecule has 2 rings (SSSR count).